The number of nitrogens with one attached hydrogen (secondary N) is 2. The summed E-state index contributed by atoms with van der Waals surface area (Å²) in [5.41, 5.74) is 5.82. The van der Waals surface area contributed by atoms with Crippen molar-refractivity contribution in [2.45, 2.75) is 17.8 Å². The molecule has 2 atom stereocenters. The molecule has 2 N–H and O–H groups in total. The van der Waals surface area contributed by atoms with Gasteiger partial charge in [-0.15, -0.1) is 0 Å². The third-order valence-corrected chi connectivity index (χ3v) is 6.18. The number of benzene rings is 2. The molecule has 1 aliphatic carbocycles. The minimum absolute atomic E-state index is 0.120. The van der Waals surface area contributed by atoms with Crippen LogP contribution in [0.4, 0.5) is 5.69 Å². The van der Waals surface area contributed by atoms with Crippen LogP contribution in [0.25, 0.3) is 23.1 Å². The number of carbonyl (C=O) groups excluding carboxylic acids is 1. The Morgan fingerprint density at radius 2 is 1.90 bits per heavy atom. The lowest BCUT2D eigenvalue weighted by molar-refractivity contribution is -0.118. The number of H-pyrrole nitrogens is 1. The van der Waals surface area contributed by atoms with E-state index in [0.717, 1.165) is 39.8 Å². The maximum Gasteiger partial charge on any atom is 0.235 e. The molecule has 6 rings (SSSR count). The van der Waals surface area contributed by atoms with Crippen molar-refractivity contribution in [2.24, 2.45) is 0 Å². The highest BCUT2D eigenvalue weighted by molar-refractivity contribution is 6.09. The van der Waals surface area contributed by atoms with Crippen LogP contribution in [0.2, 0.25) is 0 Å². The molecule has 1 fully saturated rings. The summed E-state index contributed by atoms with van der Waals surface area (Å²) < 4.78 is 0. The molecular formula is C24H18N4O. The van der Waals surface area contributed by atoms with Crippen molar-refractivity contribution in [3.05, 3.63) is 89.4 Å². The van der Waals surface area contributed by atoms with Gasteiger partial charge in [0.1, 0.15) is 0 Å². The highest BCUT2D eigenvalue weighted by Gasteiger charge is 2.65. The number of anilines is 1. The van der Waals surface area contributed by atoms with E-state index in [0.29, 0.717) is 0 Å². The zero-order valence-corrected chi connectivity index (χ0v) is 15.6. The summed E-state index contributed by atoms with van der Waals surface area (Å²) in [5.74, 6) is 0.323. The number of pyridine rings is 1. The van der Waals surface area contributed by atoms with Gasteiger partial charge in [0.2, 0.25) is 5.91 Å². The van der Waals surface area contributed by atoms with Crippen molar-refractivity contribution in [3.8, 4) is 0 Å². The monoisotopic (exact) mass is 378 g/mol. The molecule has 1 spiro atoms. The first-order chi connectivity index (χ1) is 14.3. The third kappa shape index (κ3) is 2.37. The van der Waals surface area contributed by atoms with Crippen molar-refractivity contribution in [3.63, 3.8) is 0 Å². The Bertz CT molecular complexity index is 1290. The van der Waals surface area contributed by atoms with Crippen LogP contribution >= 0.6 is 0 Å². The molecule has 1 unspecified atom stereocenters. The zero-order chi connectivity index (χ0) is 19.4. The van der Waals surface area contributed by atoms with Crippen LogP contribution in [0.1, 0.15) is 34.7 Å². The van der Waals surface area contributed by atoms with Crippen LogP contribution in [0.3, 0.4) is 0 Å². The quantitative estimate of drug-likeness (QED) is 0.551. The minimum Gasteiger partial charge on any atom is -0.325 e. The molecule has 140 valence electrons. The Labute approximate surface area is 167 Å². The second-order valence-electron chi connectivity index (χ2n) is 7.76. The highest BCUT2D eigenvalue weighted by atomic mass is 16.2. The number of fused-ring (bicyclic) bond motifs is 3. The summed E-state index contributed by atoms with van der Waals surface area (Å²) in [6.45, 7) is 0. The Kier molecular flexibility index (Phi) is 3.29. The summed E-state index contributed by atoms with van der Waals surface area (Å²) in [7, 11) is 0. The number of amides is 1. The van der Waals surface area contributed by atoms with Crippen LogP contribution < -0.4 is 5.32 Å². The molecule has 2 aromatic heterocycles. The van der Waals surface area contributed by atoms with Crippen molar-refractivity contribution >= 4 is 34.6 Å². The third-order valence-electron chi connectivity index (χ3n) is 6.18. The normalized spacial score (nSPS) is 22.3. The topological polar surface area (TPSA) is 70.7 Å². The second kappa shape index (κ2) is 5.88. The first-order valence-corrected chi connectivity index (χ1v) is 9.73. The molecule has 2 aliphatic rings. The van der Waals surface area contributed by atoms with E-state index in [1.54, 1.807) is 12.4 Å². The van der Waals surface area contributed by atoms with Gasteiger partial charge in [0.15, 0.2) is 0 Å². The molecule has 0 saturated heterocycles. The first-order valence-electron chi connectivity index (χ1n) is 9.73. The van der Waals surface area contributed by atoms with Crippen molar-refractivity contribution in [1.82, 2.24) is 15.2 Å². The average Bonchev–Trinajstić information content (AvgIpc) is 3.29. The van der Waals surface area contributed by atoms with Crippen LogP contribution in [-0.2, 0) is 10.2 Å². The summed E-state index contributed by atoms with van der Waals surface area (Å²) in [4.78, 5) is 16.8. The molecule has 1 saturated carbocycles. The number of aromatic nitrogens is 3. The maximum absolute atomic E-state index is 12.7. The van der Waals surface area contributed by atoms with Crippen LogP contribution in [-0.4, -0.2) is 21.1 Å². The van der Waals surface area contributed by atoms with Crippen LogP contribution in [0, 0.1) is 0 Å². The Morgan fingerprint density at radius 1 is 1.03 bits per heavy atom. The highest BCUT2D eigenvalue weighted by Crippen LogP contribution is 2.64. The van der Waals surface area contributed by atoms with E-state index >= 15 is 0 Å². The molecule has 5 heteroatoms. The Balaban J connectivity index is 1.33. The number of aromatic amines is 1. The zero-order valence-electron chi connectivity index (χ0n) is 15.6. The SMILES string of the molecule is O=C1Nc2ccccc2C12C[C@H]2c1ccc2c(/C=C/c3ccncc3)n[nH]c2c1. The van der Waals surface area contributed by atoms with E-state index in [9.17, 15) is 4.79 Å². The number of hydrogen-bond donors (Lipinski definition) is 2. The van der Waals surface area contributed by atoms with Crippen LogP contribution in [0.5, 0.6) is 0 Å². The summed E-state index contributed by atoms with van der Waals surface area (Å²) in [5, 5.41) is 11.7. The predicted molar refractivity (Wildman–Crippen MR) is 113 cm³/mol. The molecular weight excluding hydrogens is 360 g/mol. The molecule has 0 radical (unpaired) electrons. The predicted octanol–water partition coefficient (Wildman–Crippen LogP) is 4.51. The molecule has 29 heavy (non-hydrogen) atoms. The summed E-state index contributed by atoms with van der Waals surface area (Å²) >= 11 is 0. The largest absolute Gasteiger partial charge is 0.325 e. The van der Waals surface area contributed by atoms with E-state index in [1.165, 1.54) is 5.56 Å². The van der Waals surface area contributed by atoms with Crippen molar-refractivity contribution in [1.29, 1.82) is 0 Å². The van der Waals surface area contributed by atoms with Gasteiger partial charge in [-0.3, -0.25) is 14.9 Å². The standard InChI is InChI=1S/C24H18N4O/c29-23-24(18-3-1-2-4-21(18)26-23)14-19(24)16-6-7-17-20(27-28-22(17)13-16)8-5-15-9-11-25-12-10-15/h1-13,19H,14H2,(H,26,29)(H,27,28)/b8-5+/t19-,24?/m0/s1. The fourth-order valence-electron chi connectivity index (χ4n) is 4.60. The fourth-order valence-corrected chi connectivity index (χ4v) is 4.60. The average molecular weight is 378 g/mol. The van der Waals surface area contributed by atoms with Gasteiger partial charge in [0.25, 0.3) is 0 Å². The molecule has 4 aromatic rings. The molecule has 3 heterocycles. The van der Waals surface area contributed by atoms with E-state index < -0.39 is 5.41 Å². The minimum atomic E-state index is -0.408. The first kappa shape index (κ1) is 16.2. The molecule has 1 amide bonds. The van der Waals surface area contributed by atoms with E-state index in [2.05, 4.69) is 44.8 Å². The lowest BCUT2D eigenvalue weighted by Gasteiger charge is -2.08. The van der Waals surface area contributed by atoms with Gasteiger partial charge in [0.05, 0.1) is 16.6 Å². The van der Waals surface area contributed by atoms with Gasteiger partial charge < -0.3 is 5.32 Å². The molecule has 1 aliphatic heterocycles. The smallest absolute Gasteiger partial charge is 0.235 e. The van der Waals surface area contributed by atoms with Crippen molar-refractivity contribution in [2.75, 3.05) is 5.32 Å². The molecule has 0 bridgehead atoms. The van der Waals surface area contributed by atoms with Gasteiger partial charge in [-0.05, 0) is 53.5 Å². The van der Waals surface area contributed by atoms with Crippen molar-refractivity contribution < 1.29 is 4.79 Å². The lowest BCUT2D eigenvalue weighted by atomic mass is 9.92. The van der Waals surface area contributed by atoms with Gasteiger partial charge in [0, 0.05) is 29.4 Å². The Morgan fingerprint density at radius 3 is 2.79 bits per heavy atom. The van der Waals surface area contributed by atoms with E-state index in [-0.39, 0.29) is 11.8 Å². The number of rotatable bonds is 3. The van der Waals surface area contributed by atoms with Gasteiger partial charge >= 0.3 is 0 Å². The summed E-state index contributed by atoms with van der Waals surface area (Å²) in [6.07, 6.45) is 8.44. The van der Waals surface area contributed by atoms with Gasteiger partial charge in [-0.2, -0.15) is 5.10 Å². The fraction of sp³-hybridized carbons (Fsp3) is 0.125. The number of para-hydroxylation sites is 1. The van der Waals surface area contributed by atoms with E-state index in [1.807, 2.05) is 42.5 Å². The number of carbonyl (C=O) groups is 1. The molecule has 5 nitrogen and oxygen atoms in total. The van der Waals surface area contributed by atoms with Gasteiger partial charge in [-0.25, -0.2) is 0 Å². The molecule has 2 aromatic carbocycles. The van der Waals surface area contributed by atoms with E-state index in [4.69, 9.17) is 0 Å². The number of hydrogen-bond acceptors (Lipinski definition) is 3. The lowest BCUT2D eigenvalue weighted by Crippen LogP contribution is -2.20. The summed E-state index contributed by atoms with van der Waals surface area (Å²) in [6, 6.07) is 18.3. The maximum atomic E-state index is 12.7. The van der Waals surface area contributed by atoms with Crippen LogP contribution in [0.15, 0.2) is 67.0 Å². The number of nitrogens with zero attached hydrogens (tertiary/aromatic N) is 2. The Hall–Kier alpha value is -3.73. The second-order valence-corrected chi connectivity index (χ2v) is 7.76. The van der Waals surface area contributed by atoms with Gasteiger partial charge in [-0.1, -0.05) is 36.4 Å².